The third kappa shape index (κ3) is 2.62. The lowest BCUT2D eigenvalue weighted by Crippen LogP contribution is -2.54. The van der Waals surface area contributed by atoms with Crippen molar-refractivity contribution in [1.29, 1.82) is 0 Å². The Kier molecular flexibility index (Phi) is 4.24. The van der Waals surface area contributed by atoms with Crippen molar-refractivity contribution in [2.24, 2.45) is 5.92 Å². The van der Waals surface area contributed by atoms with E-state index in [9.17, 15) is 14.7 Å². The first-order chi connectivity index (χ1) is 9.42. The Bertz CT molecular complexity index is 549. The number of aromatic amines is 1. The molecule has 0 amide bonds. The SMILES string of the molecule is CNC(CSc1n[nH]c(=O)n1C(C)C)(C(=O)O)C1CC1. The quantitative estimate of drug-likeness (QED) is 0.641. The second-order valence-corrected chi connectivity index (χ2v) is 6.31. The maximum absolute atomic E-state index is 11.7. The van der Waals surface area contributed by atoms with E-state index in [1.807, 2.05) is 13.8 Å². The highest BCUT2D eigenvalue weighted by atomic mass is 32.2. The van der Waals surface area contributed by atoms with Crippen LogP contribution in [0.5, 0.6) is 0 Å². The van der Waals surface area contributed by atoms with E-state index in [2.05, 4.69) is 15.5 Å². The number of nitrogens with one attached hydrogen (secondary N) is 2. The van der Waals surface area contributed by atoms with Crippen molar-refractivity contribution in [2.45, 2.75) is 43.4 Å². The molecule has 7 nitrogen and oxygen atoms in total. The van der Waals surface area contributed by atoms with E-state index in [1.54, 1.807) is 11.6 Å². The van der Waals surface area contributed by atoms with Gasteiger partial charge in [0.15, 0.2) is 5.16 Å². The van der Waals surface area contributed by atoms with Crippen LogP contribution in [0.1, 0.15) is 32.7 Å². The molecule has 1 unspecified atom stereocenters. The average Bonchev–Trinajstić information content (AvgIpc) is 3.14. The van der Waals surface area contributed by atoms with Crippen LogP contribution in [0.3, 0.4) is 0 Å². The third-order valence-electron chi connectivity index (χ3n) is 3.72. The van der Waals surface area contributed by atoms with Crippen LogP contribution in [0.15, 0.2) is 9.95 Å². The van der Waals surface area contributed by atoms with Crippen LogP contribution < -0.4 is 11.0 Å². The van der Waals surface area contributed by atoms with Crippen molar-refractivity contribution >= 4 is 17.7 Å². The maximum Gasteiger partial charge on any atom is 0.344 e. The zero-order chi connectivity index (χ0) is 14.9. The first-order valence-corrected chi connectivity index (χ1v) is 7.63. The van der Waals surface area contributed by atoms with Gasteiger partial charge < -0.3 is 10.4 Å². The third-order valence-corrected chi connectivity index (χ3v) is 4.87. The van der Waals surface area contributed by atoms with Crippen LogP contribution in [0.4, 0.5) is 0 Å². The van der Waals surface area contributed by atoms with Gasteiger partial charge in [0, 0.05) is 11.8 Å². The van der Waals surface area contributed by atoms with Gasteiger partial charge in [-0.25, -0.2) is 9.89 Å². The molecule has 0 spiro atoms. The molecule has 0 aliphatic heterocycles. The fourth-order valence-electron chi connectivity index (χ4n) is 2.34. The zero-order valence-electron chi connectivity index (χ0n) is 11.8. The van der Waals surface area contributed by atoms with Crippen molar-refractivity contribution < 1.29 is 9.90 Å². The summed E-state index contributed by atoms with van der Waals surface area (Å²) in [6, 6.07) is -0.0153. The summed E-state index contributed by atoms with van der Waals surface area (Å²) in [5, 5.41) is 19.4. The molecule has 0 radical (unpaired) electrons. The molecule has 1 aromatic heterocycles. The molecule has 2 rings (SSSR count). The minimum atomic E-state index is -0.943. The van der Waals surface area contributed by atoms with Gasteiger partial charge in [-0.2, -0.15) is 0 Å². The highest BCUT2D eigenvalue weighted by Crippen LogP contribution is 2.42. The Morgan fingerprint density at radius 2 is 2.30 bits per heavy atom. The van der Waals surface area contributed by atoms with E-state index in [-0.39, 0.29) is 17.6 Å². The van der Waals surface area contributed by atoms with Gasteiger partial charge >= 0.3 is 11.7 Å². The van der Waals surface area contributed by atoms with Crippen LogP contribution in [0.25, 0.3) is 0 Å². The monoisotopic (exact) mass is 300 g/mol. The average molecular weight is 300 g/mol. The number of carboxylic acids is 1. The highest BCUT2D eigenvalue weighted by molar-refractivity contribution is 7.99. The van der Waals surface area contributed by atoms with Gasteiger partial charge in [-0.15, -0.1) is 5.10 Å². The first kappa shape index (κ1) is 15.1. The van der Waals surface area contributed by atoms with Crippen LogP contribution in [-0.4, -0.2) is 44.2 Å². The number of aromatic nitrogens is 3. The van der Waals surface area contributed by atoms with Crippen molar-refractivity contribution in [3.05, 3.63) is 10.5 Å². The van der Waals surface area contributed by atoms with Gasteiger partial charge in [0.2, 0.25) is 0 Å². The number of H-pyrrole nitrogens is 1. The number of carbonyl (C=O) groups is 1. The number of carboxylic acid groups (broad SMARTS) is 1. The molecule has 0 bridgehead atoms. The molecule has 1 fully saturated rings. The molecule has 112 valence electrons. The second-order valence-electron chi connectivity index (χ2n) is 5.36. The zero-order valence-corrected chi connectivity index (χ0v) is 12.7. The molecule has 1 saturated carbocycles. The Morgan fingerprint density at radius 3 is 2.75 bits per heavy atom. The maximum atomic E-state index is 11.7. The van der Waals surface area contributed by atoms with Crippen LogP contribution in [0, 0.1) is 5.92 Å². The fourth-order valence-corrected chi connectivity index (χ4v) is 3.74. The van der Waals surface area contributed by atoms with Gasteiger partial charge in [0.05, 0.1) is 0 Å². The molecule has 20 heavy (non-hydrogen) atoms. The number of hydrogen-bond acceptors (Lipinski definition) is 5. The van der Waals surface area contributed by atoms with Gasteiger partial charge in [-0.05, 0) is 39.7 Å². The van der Waals surface area contributed by atoms with E-state index in [0.717, 1.165) is 12.8 Å². The lowest BCUT2D eigenvalue weighted by molar-refractivity contribution is -0.144. The molecule has 0 saturated heterocycles. The van der Waals surface area contributed by atoms with Gasteiger partial charge in [-0.1, -0.05) is 11.8 Å². The van der Waals surface area contributed by atoms with E-state index in [4.69, 9.17) is 0 Å². The fraction of sp³-hybridized carbons (Fsp3) is 0.750. The largest absolute Gasteiger partial charge is 0.480 e. The van der Waals surface area contributed by atoms with Crippen LogP contribution >= 0.6 is 11.8 Å². The molecule has 1 heterocycles. The molecule has 1 aromatic rings. The lowest BCUT2D eigenvalue weighted by Gasteiger charge is -2.28. The van der Waals surface area contributed by atoms with Crippen molar-refractivity contribution in [3.8, 4) is 0 Å². The van der Waals surface area contributed by atoms with Gasteiger partial charge in [-0.3, -0.25) is 9.36 Å². The predicted molar refractivity (Wildman–Crippen MR) is 76.1 cm³/mol. The molecule has 1 aliphatic carbocycles. The van der Waals surface area contributed by atoms with E-state index < -0.39 is 11.5 Å². The molecule has 3 N–H and O–H groups in total. The summed E-state index contributed by atoms with van der Waals surface area (Å²) >= 11 is 1.30. The smallest absolute Gasteiger partial charge is 0.344 e. The number of nitrogens with zero attached hydrogens (tertiary/aromatic N) is 2. The normalized spacial score (nSPS) is 18.2. The standard InChI is InChI=1S/C12H20N4O3S/c1-7(2)16-10(19)14-15-11(16)20-6-12(13-3,9(17)18)8-4-5-8/h7-8,13H,4-6H2,1-3H3,(H,14,19)(H,17,18). The lowest BCUT2D eigenvalue weighted by atomic mass is 9.96. The van der Waals surface area contributed by atoms with E-state index >= 15 is 0 Å². The minimum absolute atomic E-state index is 0.0153. The first-order valence-electron chi connectivity index (χ1n) is 6.64. The van der Waals surface area contributed by atoms with Crippen molar-refractivity contribution in [3.63, 3.8) is 0 Å². The van der Waals surface area contributed by atoms with Crippen LogP contribution in [0.2, 0.25) is 0 Å². The number of thioether (sulfide) groups is 1. The summed E-state index contributed by atoms with van der Waals surface area (Å²) in [7, 11) is 1.67. The number of likely N-dealkylation sites (N-methyl/N-ethyl adjacent to an activating group) is 1. The van der Waals surface area contributed by atoms with Crippen molar-refractivity contribution in [1.82, 2.24) is 20.1 Å². The Labute approximate surface area is 121 Å². The minimum Gasteiger partial charge on any atom is -0.480 e. The highest BCUT2D eigenvalue weighted by Gasteiger charge is 2.50. The number of hydrogen-bond donors (Lipinski definition) is 3. The summed E-state index contributed by atoms with van der Waals surface area (Å²) < 4.78 is 1.54. The predicted octanol–water partition coefficient (Wildman–Crippen LogP) is 0.697. The Morgan fingerprint density at radius 1 is 1.65 bits per heavy atom. The summed E-state index contributed by atoms with van der Waals surface area (Å²) in [6.45, 7) is 3.79. The summed E-state index contributed by atoms with van der Waals surface area (Å²) in [4.78, 5) is 23.3. The summed E-state index contributed by atoms with van der Waals surface area (Å²) in [6.07, 6.45) is 1.84. The molecular weight excluding hydrogens is 280 g/mol. The second kappa shape index (κ2) is 5.61. The van der Waals surface area contributed by atoms with E-state index in [0.29, 0.717) is 10.9 Å². The Hall–Kier alpha value is -1.28. The Balaban J connectivity index is 2.18. The molecule has 8 heteroatoms. The molecule has 0 aromatic carbocycles. The number of aliphatic carboxylic acids is 1. The van der Waals surface area contributed by atoms with Gasteiger partial charge in [0.25, 0.3) is 0 Å². The molecular formula is C12H20N4O3S. The van der Waals surface area contributed by atoms with Crippen molar-refractivity contribution in [2.75, 3.05) is 12.8 Å². The molecule has 1 atom stereocenters. The summed E-state index contributed by atoms with van der Waals surface area (Å²) in [5.41, 5.74) is -1.21. The number of rotatable bonds is 7. The van der Waals surface area contributed by atoms with Gasteiger partial charge in [0.1, 0.15) is 5.54 Å². The van der Waals surface area contributed by atoms with E-state index in [1.165, 1.54) is 11.8 Å². The van der Waals surface area contributed by atoms with Crippen LogP contribution in [-0.2, 0) is 4.79 Å². The topological polar surface area (TPSA) is 100 Å². The molecule has 1 aliphatic rings. The summed E-state index contributed by atoms with van der Waals surface area (Å²) in [5.74, 6) is -0.347.